The fourth-order valence-electron chi connectivity index (χ4n) is 2.94. The highest BCUT2D eigenvalue weighted by Crippen LogP contribution is 2.27. The Morgan fingerprint density at radius 1 is 0.759 bits per heavy atom. The van der Waals surface area contributed by atoms with E-state index in [0.29, 0.717) is 22.3 Å². The number of para-hydroxylation sites is 3. The van der Waals surface area contributed by atoms with E-state index in [-0.39, 0.29) is 10.7 Å². The number of benzene rings is 3. The molecular formula is C22H17N3O3S. The molecule has 1 heterocycles. The van der Waals surface area contributed by atoms with Crippen molar-refractivity contribution in [2.45, 2.75) is 5.03 Å². The molecule has 0 bridgehead atoms. The zero-order valence-electron chi connectivity index (χ0n) is 15.3. The molecule has 29 heavy (non-hydrogen) atoms. The maximum Gasteiger partial charge on any atom is 0.240 e. The molecule has 6 nitrogen and oxygen atoms in total. The Morgan fingerprint density at radius 2 is 1.31 bits per heavy atom. The number of sulfone groups is 1. The Balaban J connectivity index is 1.75. The highest BCUT2D eigenvalue weighted by Gasteiger charge is 2.26. The van der Waals surface area contributed by atoms with Gasteiger partial charge < -0.3 is 5.32 Å². The lowest BCUT2D eigenvalue weighted by molar-refractivity contribution is -0.113. The van der Waals surface area contributed by atoms with Gasteiger partial charge in [0.2, 0.25) is 15.7 Å². The normalized spacial score (nSPS) is 11.3. The van der Waals surface area contributed by atoms with Crippen LogP contribution in [0.3, 0.4) is 0 Å². The molecule has 0 unspecified atom stereocenters. The number of anilines is 1. The van der Waals surface area contributed by atoms with Crippen molar-refractivity contribution in [1.82, 2.24) is 9.97 Å². The van der Waals surface area contributed by atoms with Crippen molar-refractivity contribution in [2.75, 3.05) is 11.1 Å². The second-order valence-corrected chi connectivity index (χ2v) is 8.31. The minimum absolute atomic E-state index is 0.203. The van der Waals surface area contributed by atoms with E-state index < -0.39 is 21.5 Å². The van der Waals surface area contributed by atoms with Gasteiger partial charge in [0.15, 0.2) is 5.03 Å². The standard InChI is InChI=1S/C22H17N3O3S/c26-20(23-17-11-5-2-6-12-17)15-29(27,28)22-21(16-9-3-1-4-10-16)24-18-13-7-8-14-19(18)25-22/h1-14H,15H2,(H,23,26). The predicted octanol–water partition coefficient (Wildman–Crippen LogP) is 3.71. The lowest BCUT2D eigenvalue weighted by Crippen LogP contribution is -2.24. The number of carbonyl (C=O) groups is 1. The smallest absolute Gasteiger partial charge is 0.240 e. The first-order valence-corrected chi connectivity index (χ1v) is 10.6. The van der Waals surface area contributed by atoms with Gasteiger partial charge in [-0.3, -0.25) is 4.79 Å². The number of nitrogens with one attached hydrogen (secondary N) is 1. The van der Waals surface area contributed by atoms with E-state index in [1.165, 1.54) is 0 Å². The third-order valence-electron chi connectivity index (χ3n) is 4.26. The Kier molecular flexibility index (Phi) is 5.05. The summed E-state index contributed by atoms with van der Waals surface area (Å²) in [4.78, 5) is 21.3. The van der Waals surface area contributed by atoms with Gasteiger partial charge in [-0.05, 0) is 24.3 Å². The fourth-order valence-corrected chi connectivity index (χ4v) is 4.19. The summed E-state index contributed by atoms with van der Waals surface area (Å²) < 4.78 is 26.2. The predicted molar refractivity (Wildman–Crippen MR) is 112 cm³/mol. The van der Waals surface area contributed by atoms with Crippen LogP contribution < -0.4 is 5.32 Å². The lowest BCUT2D eigenvalue weighted by atomic mass is 10.1. The second kappa shape index (κ2) is 7.81. The second-order valence-electron chi connectivity index (χ2n) is 6.41. The monoisotopic (exact) mass is 403 g/mol. The molecule has 0 saturated carbocycles. The molecule has 0 fully saturated rings. The molecule has 144 valence electrons. The highest BCUT2D eigenvalue weighted by molar-refractivity contribution is 7.92. The van der Waals surface area contributed by atoms with Crippen LogP contribution in [0, 0.1) is 0 Å². The van der Waals surface area contributed by atoms with E-state index in [1.54, 1.807) is 66.7 Å². The summed E-state index contributed by atoms with van der Waals surface area (Å²) in [7, 11) is -4.04. The van der Waals surface area contributed by atoms with Gasteiger partial charge in [0.25, 0.3) is 0 Å². The quantitative estimate of drug-likeness (QED) is 0.549. The molecule has 1 aromatic heterocycles. The Bertz CT molecular complexity index is 1270. The van der Waals surface area contributed by atoms with Crippen LogP contribution in [0.2, 0.25) is 0 Å². The number of hydrogen-bond donors (Lipinski definition) is 1. The van der Waals surface area contributed by atoms with Gasteiger partial charge in [-0.2, -0.15) is 0 Å². The number of aromatic nitrogens is 2. The Hall–Kier alpha value is -3.58. The molecule has 7 heteroatoms. The summed E-state index contributed by atoms with van der Waals surface area (Å²) >= 11 is 0. The van der Waals surface area contributed by atoms with Crippen molar-refractivity contribution in [3.63, 3.8) is 0 Å². The van der Waals surface area contributed by atoms with Gasteiger partial charge in [-0.1, -0.05) is 60.7 Å². The summed E-state index contributed by atoms with van der Waals surface area (Å²) in [6, 6.07) is 24.7. The van der Waals surface area contributed by atoms with Gasteiger partial charge in [0, 0.05) is 11.3 Å². The van der Waals surface area contributed by atoms with Gasteiger partial charge in [0.1, 0.15) is 11.4 Å². The largest absolute Gasteiger partial charge is 0.325 e. The number of amides is 1. The van der Waals surface area contributed by atoms with Crippen molar-refractivity contribution in [3.8, 4) is 11.3 Å². The van der Waals surface area contributed by atoms with Crippen LogP contribution in [0.25, 0.3) is 22.3 Å². The molecule has 1 N–H and O–H groups in total. The van der Waals surface area contributed by atoms with Crippen molar-refractivity contribution < 1.29 is 13.2 Å². The average Bonchev–Trinajstić information content (AvgIpc) is 2.73. The molecule has 4 aromatic rings. The van der Waals surface area contributed by atoms with Crippen LogP contribution in [0.5, 0.6) is 0 Å². The topological polar surface area (TPSA) is 89.0 Å². The van der Waals surface area contributed by atoms with Gasteiger partial charge >= 0.3 is 0 Å². The first-order valence-electron chi connectivity index (χ1n) is 8.93. The minimum atomic E-state index is -4.04. The summed E-state index contributed by atoms with van der Waals surface area (Å²) in [5.74, 6) is -1.36. The van der Waals surface area contributed by atoms with Gasteiger partial charge in [-0.15, -0.1) is 0 Å². The molecule has 0 aliphatic heterocycles. The summed E-state index contributed by atoms with van der Waals surface area (Å²) in [6.45, 7) is 0. The summed E-state index contributed by atoms with van der Waals surface area (Å²) in [5, 5.41) is 2.39. The molecular weight excluding hydrogens is 386 g/mol. The molecule has 3 aromatic carbocycles. The van der Waals surface area contributed by atoms with E-state index in [4.69, 9.17) is 0 Å². The van der Waals surface area contributed by atoms with E-state index in [9.17, 15) is 13.2 Å². The minimum Gasteiger partial charge on any atom is -0.325 e. The summed E-state index contributed by atoms with van der Waals surface area (Å²) in [5.41, 5.74) is 2.42. The number of nitrogens with zero attached hydrogens (tertiary/aromatic N) is 2. The van der Waals surface area contributed by atoms with Crippen molar-refractivity contribution in [1.29, 1.82) is 0 Å². The average molecular weight is 403 g/mol. The molecule has 0 saturated heterocycles. The van der Waals surface area contributed by atoms with E-state index in [0.717, 1.165) is 0 Å². The van der Waals surface area contributed by atoms with Gasteiger partial charge in [0.05, 0.1) is 11.0 Å². The highest BCUT2D eigenvalue weighted by atomic mass is 32.2. The maximum atomic E-state index is 13.1. The van der Waals surface area contributed by atoms with E-state index in [1.807, 2.05) is 18.2 Å². The zero-order chi connectivity index (χ0) is 20.3. The zero-order valence-corrected chi connectivity index (χ0v) is 16.1. The van der Waals surface area contributed by atoms with Crippen LogP contribution in [0.4, 0.5) is 5.69 Å². The number of hydrogen-bond acceptors (Lipinski definition) is 5. The molecule has 0 radical (unpaired) electrons. The molecule has 0 spiro atoms. The van der Waals surface area contributed by atoms with Crippen LogP contribution in [-0.4, -0.2) is 30.0 Å². The number of carbonyl (C=O) groups excluding carboxylic acids is 1. The third-order valence-corrected chi connectivity index (χ3v) is 5.78. The Morgan fingerprint density at radius 3 is 1.97 bits per heavy atom. The Labute approximate surface area is 168 Å². The number of rotatable bonds is 5. The van der Waals surface area contributed by atoms with E-state index >= 15 is 0 Å². The molecule has 1 amide bonds. The maximum absolute atomic E-state index is 13.1. The third kappa shape index (κ3) is 4.14. The van der Waals surface area contributed by atoms with Crippen LogP contribution in [0.1, 0.15) is 0 Å². The SMILES string of the molecule is O=C(CS(=O)(=O)c1nc2ccccc2nc1-c1ccccc1)Nc1ccccc1. The molecule has 0 aliphatic carbocycles. The number of fused-ring (bicyclic) bond motifs is 1. The molecule has 4 rings (SSSR count). The van der Waals surface area contributed by atoms with E-state index in [2.05, 4.69) is 15.3 Å². The van der Waals surface area contributed by atoms with Crippen molar-refractivity contribution >= 4 is 32.5 Å². The van der Waals surface area contributed by atoms with Crippen molar-refractivity contribution in [2.24, 2.45) is 0 Å². The fraction of sp³-hybridized carbons (Fsp3) is 0.0455. The van der Waals surface area contributed by atoms with Crippen LogP contribution in [0.15, 0.2) is 90.0 Å². The summed E-state index contributed by atoms with van der Waals surface area (Å²) in [6.07, 6.45) is 0. The molecule has 0 aliphatic rings. The van der Waals surface area contributed by atoms with Crippen LogP contribution in [-0.2, 0) is 14.6 Å². The lowest BCUT2D eigenvalue weighted by Gasteiger charge is -2.11. The first-order chi connectivity index (χ1) is 14.0. The first kappa shape index (κ1) is 18.8. The van der Waals surface area contributed by atoms with Crippen LogP contribution >= 0.6 is 0 Å². The molecule has 0 atom stereocenters. The van der Waals surface area contributed by atoms with Crippen molar-refractivity contribution in [3.05, 3.63) is 84.9 Å². The van der Waals surface area contributed by atoms with Gasteiger partial charge in [-0.25, -0.2) is 18.4 Å².